The summed E-state index contributed by atoms with van der Waals surface area (Å²) in [4.78, 5) is 11.8. The number of carbonyl (C=O) groups is 1. The maximum Gasteiger partial charge on any atom is 0.239 e. The van der Waals surface area contributed by atoms with Gasteiger partial charge in [-0.25, -0.2) is 0 Å². The second kappa shape index (κ2) is 5.29. The average Bonchev–Trinajstić information content (AvgIpc) is 2.66. The molecule has 0 saturated carbocycles. The third kappa shape index (κ3) is 3.04. The molecule has 0 aliphatic carbocycles. The van der Waals surface area contributed by atoms with Crippen molar-refractivity contribution >= 4 is 5.91 Å². The predicted octanol–water partition coefficient (Wildman–Crippen LogP) is -0.667. The van der Waals surface area contributed by atoms with Crippen LogP contribution in [0, 0.1) is 6.92 Å². The van der Waals surface area contributed by atoms with Gasteiger partial charge in [0, 0.05) is 31.9 Å². The monoisotopic (exact) mass is 238 g/mol. The van der Waals surface area contributed by atoms with E-state index in [-0.39, 0.29) is 11.9 Å². The number of ether oxygens (including phenoxy) is 1. The summed E-state index contributed by atoms with van der Waals surface area (Å²) in [6, 6.07) is -0.235. The standard InChI is InChI=1S/C11H18N4O2/c1-8-9(6-15(2)14-8)5-13-11(16)10-7-17-4-3-12-10/h6,10,12H,3-5,7H2,1-2H3,(H,13,16). The molecule has 1 atom stereocenters. The summed E-state index contributed by atoms with van der Waals surface area (Å²) in [6.07, 6.45) is 1.92. The predicted molar refractivity (Wildman–Crippen MR) is 62.4 cm³/mol. The van der Waals surface area contributed by atoms with Gasteiger partial charge in [-0.2, -0.15) is 5.10 Å². The maximum absolute atomic E-state index is 11.8. The van der Waals surface area contributed by atoms with Crippen molar-refractivity contribution in [3.8, 4) is 0 Å². The molecule has 0 spiro atoms. The molecule has 6 nitrogen and oxygen atoms in total. The van der Waals surface area contributed by atoms with E-state index in [4.69, 9.17) is 4.74 Å². The molecule has 17 heavy (non-hydrogen) atoms. The Bertz CT molecular complexity index is 396. The molecule has 1 fully saturated rings. The van der Waals surface area contributed by atoms with Crippen molar-refractivity contribution in [1.82, 2.24) is 20.4 Å². The van der Waals surface area contributed by atoms with Crippen LogP contribution in [0.25, 0.3) is 0 Å². The molecule has 0 radical (unpaired) electrons. The lowest BCUT2D eigenvalue weighted by Gasteiger charge is -2.22. The minimum absolute atomic E-state index is 0.0204. The lowest BCUT2D eigenvalue weighted by Crippen LogP contribution is -2.51. The van der Waals surface area contributed by atoms with E-state index >= 15 is 0 Å². The van der Waals surface area contributed by atoms with Gasteiger partial charge in [0.25, 0.3) is 0 Å². The van der Waals surface area contributed by atoms with Crippen LogP contribution in [0.15, 0.2) is 6.20 Å². The maximum atomic E-state index is 11.8. The molecule has 1 amide bonds. The molecule has 1 aromatic rings. The van der Waals surface area contributed by atoms with Crippen LogP contribution in [-0.4, -0.2) is 41.5 Å². The quantitative estimate of drug-likeness (QED) is 0.733. The third-order valence-corrected chi connectivity index (χ3v) is 2.81. The number of amides is 1. The SMILES string of the molecule is Cc1nn(C)cc1CNC(=O)C1COCCN1. The van der Waals surface area contributed by atoms with Crippen molar-refractivity contribution in [3.05, 3.63) is 17.5 Å². The van der Waals surface area contributed by atoms with E-state index < -0.39 is 0 Å². The Balaban J connectivity index is 1.85. The summed E-state index contributed by atoms with van der Waals surface area (Å²) >= 11 is 0. The molecule has 2 rings (SSSR count). The van der Waals surface area contributed by atoms with E-state index in [2.05, 4.69) is 15.7 Å². The molecule has 0 aromatic carbocycles. The number of nitrogens with zero attached hydrogens (tertiary/aromatic N) is 2. The number of morpholine rings is 1. The molecule has 1 saturated heterocycles. The molecule has 1 unspecified atom stereocenters. The number of carbonyl (C=O) groups excluding carboxylic acids is 1. The van der Waals surface area contributed by atoms with E-state index in [1.807, 2.05) is 20.2 Å². The first kappa shape index (κ1) is 12.1. The summed E-state index contributed by atoms with van der Waals surface area (Å²) < 4.78 is 6.99. The highest BCUT2D eigenvalue weighted by Gasteiger charge is 2.20. The van der Waals surface area contributed by atoms with E-state index in [9.17, 15) is 4.79 Å². The van der Waals surface area contributed by atoms with Crippen molar-refractivity contribution in [2.75, 3.05) is 19.8 Å². The second-order valence-corrected chi connectivity index (χ2v) is 4.21. The van der Waals surface area contributed by atoms with Gasteiger partial charge in [0.15, 0.2) is 0 Å². The highest BCUT2D eigenvalue weighted by Crippen LogP contribution is 2.04. The summed E-state index contributed by atoms with van der Waals surface area (Å²) in [5.74, 6) is -0.0204. The fourth-order valence-corrected chi connectivity index (χ4v) is 1.86. The van der Waals surface area contributed by atoms with E-state index in [0.29, 0.717) is 19.8 Å². The number of aromatic nitrogens is 2. The first-order valence-electron chi connectivity index (χ1n) is 5.75. The Kier molecular flexibility index (Phi) is 3.75. The van der Waals surface area contributed by atoms with Gasteiger partial charge in [-0.05, 0) is 6.92 Å². The van der Waals surface area contributed by atoms with Crippen molar-refractivity contribution < 1.29 is 9.53 Å². The normalized spacial score (nSPS) is 20.2. The van der Waals surface area contributed by atoms with Crippen LogP contribution >= 0.6 is 0 Å². The first-order chi connectivity index (χ1) is 8.16. The minimum atomic E-state index is -0.235. The minimum Gasteiger partial charge on any atom is -0.378 e. The van der Waals surface area contributed by atoms with Crippen molar-refractivity contribution in [2.24, 2.45) is 7.05 Å². The van der Waals surface area contributed by atoms with Crippen LogP contribution in [-0.2, 0) is 23.1 Å². The summed E-state index contributed by atoms with van der Waals surface area (Å²) in [5.41, 5.74) is 1.98. The highest BCUT2D eigenvalue weighted by atomic mass is 16.5. The molecule has 2 heterocycles. The Labute approximate surface area is 100 Å². The Morgan fingerprint density at radius 3 is 3.18 bits per heavy atom. The lowest BCUT2D eigenvalue weighted by atomic mass is 10.2. The Hall–Kier alpha value is -1.40. The smallest absolute Gasteiger partial charge is 0.239 e. The largest absolute Gasteiger partial charge is 0.378 e. The van der Waals surface area contributed by atoms with Gasteiger partial charge in [-0.3, -0.25) is 9.48 Å². The molecule has 1 aliphatic heterocycles. The molecular weight excluding hydrogens is 220 g/mol. The molecular formula is C11H18N4O2. The lowest BCUT2D eigenvalue weighted by molar-refractivity contribution is -0.126. The van der Waals surface area contributed by atoms with Gasteiger partial charge >= 0.3 is 0 Å². The van der Waals surface area contributed by atoms with E-state index in [0.717, 1.165) is 17.8 Å². The summed E-state index contributed by atoms with van der Waals surface area (Å²) in [5, 5.41) is 10.2. The van der Waals surface area contributed by atoms with Gasteiger partial charge < -0.3 is 15.4 Å². The van der Waals surface area contributed by atoms with Crippen molar-refractivity contribution in [1.29, 1.82) is 0 Å². The fraction of sp³-hybridized carbons (Fsp3) is 0.636. The summed E-state index contributed by atoms with van der Waals surface area (Å²) in [7, 11) is 1.87. The zero-order valence-corrected chi connectivity index (χ0v) is 10.2. The third-order valence-electron chi connectivity index (χ3n) is 2.81. The molecule has 2 N–H and O–H groups in total. The Morgan fingerprint density at radius 1 is 1.76 bits per heavy atom. The zero-order valence-electron chi connectivity index (χ0n) is 10.2. The number of rotatable bonds is 3. The van der Waals surface area contributed by atoms with Crippen LogP contribution in [0.3, 0.4) is 0 Å². The highest BCUT2D eigenvalue weighted by molar-refractivity contribution is 5.81. The molecule has 1 aromatic heterocycles. The molecule has 6 heteroatoms. The summed E-state index contributed by atoms with van der Waals surface area (Å²) in [6.45, 7) is 4.29. The average molecular weight is 238 g/mol. The van der Waals surface area contributed by atoms with Gasteiger partial charge in [0.05, 0.1) is 18.9 Å². The van der Waals surface area contributed by atoms with Crippen LogP contribution in [0.2, 0.25) is 0 Å². The molecule has 1 aliphatic rings. The zero-order chi connectivity index (χ0) is 12.3. The molecule has 0 bridgehead atoms. The van der Waals surface area contributed by atoms with E-state index in [1.54, 1.807) is 4.68 Å². The van der Waals surface area contributed by atoms with Crippen LogP contribution in [0.1, 0.15) is 11.3 Å². The topological polar surface area (TPSA) is 68.2 Å². The van der Waals surface area contributed by atoms with Crippen LogP contribution < -0.4 is 10.6 Å². The van der Waals surface area contributed by atoms with Gasteiger partial charge in [-0.15, -0.1) is 0 Å². The van der Waals surface area contributed by atoms with E-state index in [1.165, 1.54) is 0 Å². The van der Waals surface area contributed by atoms with Gasteiger partial charge in [0.2, 0.25) is 5.91 Å². The number of nitrogens with one attached hydrogen (secondary N) is 2. The Morgan fingerprint density at radius 2 is 2.59 bits per heavy atom. The molecule has 94 valence electrons. The van der Waals surface area contributed by atoms with Crippen LogP contribution in [0.4, 0.5) is 0 Å². The van der Waals surface area contributed by atoms with Crippen molar-refractivity contribution in [3.63, 3.8) is 0 Å². The van der Waals surface area contributed by atoms with Crippen LogP contribution in [0.5, 0.6) is 0 Å². The second-order valence-electron chi connectivity index (χ2n) is 4.21. The van der Waals surface area contributed by atoms with Gasteiger partial charge in [0.1, 0.15) is 6.04 Å². The fourth-order valence-electron chi connectivity index (χ4n) is 1.86. The van der Waals surface area contributed by atoms with Crippen molar-refractivity contribution in [2.45, 2.75) is 19.5 Å². The number of hydrogen-bond donors (Lipinski definition) is 2. The first-order valence-corrected chi connectivity index (χ1v) is 5.75. The number of aryl methyl sites for hydroxylation is 2. The van der Waals surface area contributed by atoms with Gasteiger partial charge in [-0.1, -0.05) is 0 Å². The number of hydrogen-bond acceptors (Lipinski definition) is 4.